The third-order valence-corrected chi connectivity index (χ3v) is 11.5. The smallest absolute Gasteiger partial charge is 0.313 e. The number of likely N-dealkylation sites (tertiary alicyclic amines) is 1. The van der Waals surface area contributed by atoms with Crippen molar-refractivity contribution in [1.82, 2.24) is 9.80 Å². The van der Waals surface area contributed by atoms with Crippen molar-refractivity contribution >= 4 is 56.9 Å². The number of esters is 1. The van der Waals surface area contributed by atoms with Crippen LogP contribution in [0.4, 0.5) is 5.69 Å². The Morgan fingerprint density at radius 2 is 1.84 bits per heavy atom. The standard InChI is InChI=1S/C38H45BrClN3O7/c1-6-9-15-29(45)41(5)23(4)32(24-13-11-10-12-14-24)49-37(48)30-31-35(46)43(26(8-3)22-44)34(38(31)21-28(39)33(30)50-38)36(47)42(20-7-2)27-18-16-25(40)17-19-27/h6-7,10-14,16-19,23,26,28,30-34,44H,1-2,8-9,15,20-22H2,3-5H3/t23-,26-,28?,30+,31-,32+,33+,34+,38-/m0/s1. The molecule has 268 valence electrons. The molecule has 12 heteroatoms. The molecule has 0 radical (unpaired) electrons. The van der Waals surface area contributed by atoms with Crippen LogP contribution in [0.3, 0.4) is 0 Å². The molecule has 10 nitrogen and oxygen atoms in total. The summed E-state index contributed by atoms with van der Waals surface area (Å²) >= 11 is 9.88. The van der Waals surface area contributed by atoms with Gasteiger partial charge in [0.1, 0.15) is 17.7 Å². The number of halogens is 2. The van der Waals surface area contributed by atoms with E-state index >= 15 is 0 Å². The van der Waals surface area contributed by atoms with E-state index in [9.17, 15) is 24.3 Å². The second kappa shape index (κ2) is 15.8. The summed E-state index contributed by atoms with van der Waals surface area (Å²) < 4.78 is 13.0. The third-order valence-electron chi connectivity index (χ3n) is 10.4. The molecule has 0 saturated carbocycles. The van der Waals surface area contributed by atoms with E-state index < -0.39 is 65.6 Å². The molecule has 3 heterocycles. The van der Waals surface area contributed by atoms with Crippen LogP contribution in [0, 0.1) is 11.8 Å². The van der Waals surface area contributed by atoms with Crippen molar-refractivity contribution in [2.75, 3.05) is 25.1 Å². The van der Waals surface area contributed by atoms with Crippen LogP contribution in [0.15, 0.2) is 79.9 Å². The molecule has 1 unspecified atom stereocenters. The number of aliphatic hydroxyl groups is 1. The Bertz CT molecular complexity index is 1590. The minimum atomic E-state index is -1.38. The second-order valence-corrected chi connectivity index (χ2v) is 14.8. The number of likely N-dealkylation sites (N-methyl/N-ethyl adjacent to an activating group) is 1. The zero-order valence-corrected chi connectivity index (χ0v) is 31.0. The van der Waals surface area contributed by atoms with E-state index in [1.54, 1.807) is 48.4 Å². The molecule has 3 saturated heterocycles. The molecule has 9 atom stereocenters. The van der Waals surface area contributed by atoms with E-state index in [1.807, 2.05) is 44.2 Å². The van der Waals surface area contributed by atoms with Gasteiger partial charge in [-0.15, -0.1) is 13.2 Å². The number of nitrogens with zero attached hydrogens (tertiary/aromatic N) is 3. The van der Waals surface area contributed by atoms with Crippen molar-refractivity contribution in [2.45, 2.75) is 80.3 Å². The Morgan fingerprint density at radius 3 is 2.44 bits per heavy atom. The molecule has 50 heavy (non-hydrogen) atoms. The number of carbonyl (C=O) groups excluding carboxylic acids is 4. The molecule has 0 aromatic heterocycles. The van der Waals surface area contributed by atoms with Gasteiger partial charge in [0.15, 0.2) is 0 Å². The largest absolute Gasteiger partial charge is 0.455 e. The van der Waals surface area contributed by atoms with Crippen LogP contribution in [0.1, 0.15) is 51.2 Å². The Kier molecular flexibility index (Phi) is 11.9. The van der Waals surface area contributed by atoms with E-state index in [0.29, 0.717) is 29.1 Å². The van der Waals surface area contributed by atoms with Crippen molar-refractivity contribution in [1.29, 1.82) is 0 Å². The molecule has 3 fully saturated rings. The van der Waals surface area contributed by atoms with Crippen LogP contribution >= 0.6 is 27.5 Å². The Labute approximate surface area is 307 Å². The van der Waals surface area contributed by atoms with Gasteiger partial charge >= 0.3 is 5.97 Å². The van der Waals surface area contributed by atoms with Gasteiger partial charge in [0, 0.05) is 35.6 Å². The number of amides is 3. The lowest BCUT2D eigenvalue weighted by atomic mass is 9.70. The van der Waals surface area contributed by atoms with Crippen LogP contribution < -0.4 is 4.90 Å². The first kappa shape index (κ1) is 37.7. The zero-order valence-electron chi connectivity index (χ0n) is 28.6. The lowest BCUT2D eigenvalue weighted by Crippen LogP contribution is -2.59. The molecular weight excluding hydrogens is 726 g/mol. The molecule has 2 aromatic rings. The fourth-order valence-corrected chi connectivity index (χ4v) is 8.84. The first-order chi connectivity index (χ1) is 23.9. The summed E-state index contributed by atoms with van der Waals surface area (Å²) in [4.78, 5) is 61.2. The predicted octanol–water partition coefficient (Wildman–Crippen LogP) is 5.48. The topological polar surface area (TPSA) is 117 Å². The predicted molar refractivity (Wildman–Crippen MR) is 195 cm³/mol. The number of aliphatic hydroxyl groups excluding tert-OH is 1. The maximum Gasteiger partial charge on any atom is 0.313 e. The zero-order chi connectivity index (χ0) is 36.3. The molecular formula is C38H45BrClN3O7. The summed E-state index contributed by atoms with van der Waals surface area (Å²) in [6.07, 6.45) is 3.08. The number of alkyl halides is 1. The highest BCUT2D eigenvalue weighted by atomic mass is 79.9. The Hall–Kier alpha value is -3.51. The average molecular weight is 771 g/mol. The molecule has 2 aromatic carbocycles. The monoisotopic (exact) mass is 769 g/mol. The maximum absolute atomic E-state index is 14.8. The fraction of sp³-hybridized carbons (Fsp3) is 0.474. The van der Waals surface area contributed by atoms with Crippen molar-refractivity contribution in [2.24, 2.45) is 11.8 Å². The number of hydrogen-bond acceptors (Lipinski definition) is 7. The normalized spacial score (nSPS) is 26.9. The highest BCUT2D eigenvalue weighted by Crippen LogP contribution is 2.61. The molecule has 3 aliphatic heterocycles. The highest BCUT2D eigenvalue weighted by molar-refractivity contribution is 9.09. The van der Waals surface area contributed by atoms with Crippen LogP contribution in [0.25, 0.3) is 0 Å². The molecule has 0 aliphatic carbocycles. The van der Waals surface area contributed by atoms with Gasteiger partial charge in [-0.05, 0) is 56.0 Å². The van der Waals surface area contributed by atoms with Crippen molar-refractivity contribution in [3.05, 3.63) is 90.5 Å². The number of hydrogen-bond donors (Lipinski definition) is 1. The quantitative estimate of drug-likeness (QED) is 0.145. The first-order valence-electron chi connectivity index (χ1n) is 17.0. The van der Waals surface area contributed by atoms with Gasteiger partial charge in [-0.25, -0.2) is 0 Å². The number of anilines is 1. The van der Waals surface area contributed by atoms with Crippen LogP contribution in [0.2, 0.25) is 5.02 Å². The van der Waals surface area contributed by atoms with Gasteiger partial charge in [0.25, 0.3) is 5.91 Å². The molecule has 1 N–H and O–H groups in total. The average Bonchev–Trinajstić information content (AvgIpc) is 3.72. The summed E-state index contributed by atoms with van der Waals surface area (Å²) in [6.45, 7) is 11.0. The highest BCUT2D eigenvalue weighted by Gasteiger charge is 2.77. The lowest BCUT2D eigenvalue weighted by molar-refractivity contribution is -0.165. The summed E-state index contributed by atoms with van der Waals surface area (Å²) in [7, 11) is 1.67. The van der Waals surface area contributed by atoms with E-state index in [1.165, 1.54) is 9.80 Å². The SMILES string of the molecule is C=CCCC(=O)N(C)[C@@H](C)[C@@H](OC(=O)[C@H]1[C@@H]2O[C@@]3(CC2Br)[C@@H]1C(=O)N([C@@H](CC)CO)[C@@H]3C(=O)N(CC=C)c1ccc(Cl)cc1)c1ccccc1. The van der Waals surface area contributed by atoms with Crippen molar-refractivity contribution < 1.29 is 33.8 Å². The van der Waals surface area contributed by atoms with Crippen LogP contribution in [0.5, 0.6) is 0 Å². The second-order valence-electron chi connectivity index (χ2n) is 13.2. The van der Waals surface area contributed by atoms with Gasteiger partial charge < -0.3 is 29.3 Å². The molecule has 3 aliphatic rings. The van der Waals surface area contributed by atoms with E-state index in [-0.39, 0.29) is 36.7 Å². The van der Waals surface area contributed by atoms with Crippen molar-refractivity contribution in [3.8, 4) is 0 Å². The van der Waals surface area contributed by atoms with Gasteiger partial charge in [0.05, 0.1) is 36.6 Å². The summed E-state index contributed by atoms with van der Waals surface area (Å²) in [5.41, 5.74) is -0.141. The molecule has 5 rings (SSSR count). The number of benzene rings is 2. The van der Waals surface area contributed by atoms with Gasteiger partial charge in [0.2, 0.25) is 11.8 Å². The number of ether oxygens (including phenoxy) is 2. The summed E-state index contributed by atoms with van der Waals surface area (Å²) in [5.74, 6) is -3.74. The minimum Gasteiger partial charge on any atom is -0.455 e. The Balaban J connectivity index is 1.54. The first-order valence-corrected chi connectivity index (χ1v) is 18.3. The number of rotatable bonds is 15. The van der Waals surface area contributed by atoms with Crippen molar-refractivity contribution in [3.63, 3.8) is 0 Å². The Morgan fingerprint density at radius 1 is 1.16 bits per heavy atom. The number of fused-ring (bicyclic) bond motifs is 1. The van der Waals surface area contributed by atoms with Crippen LogP contribution in [-0.4, -0.2) is 93.5 Å². The molecule has 1 spiro atoms. The van der Waals surface area contributed by atoms with Gasteiger partial charge in [-0.2, -0.15) is 0 Å². The minimum absolute atomic E-state index is 0.126. The summed E-state index contributed by atoms with van der Waals surface area (Å²) in [5, 5.41) is 11.0. The van der Waals surface area contributed by atoms with Gasteiger partial charge in [-0.3, -0.25) is 19.2 Å². The van der Waals surface area contributed by atoms with Crippen LogP contribution in [-0.2, 0) is 28.7 Å². The van der Waals surface area contributed by atoms with E-state index in [2.05, 4.69) is 29.1 Å². The fourth-order valence-electron chi connectivity index (χ4n) is 7.77. The summed E-state index contributed by atoms with van der Waals surface area (Å²) in [6, 6.07) is 13.6. The number of allylic oxidation sites excluding steroid dienone is 1. The number of carbonyl (C=O) groups is 4. The van der Waals surface area contributed by atoms with E-state index in [0.717, 1.165) is 0 Å². The maximum atomic E-state index is 14.8. The molecule has 2 bridgehead atoms. The third kappa shape index (κ3) is 6.77. The van der Waals surface area contributed by atoms with E-state index in [4.69, 9.17) is 21.1 Å². The lowest BCUT2D eigenvalue weighted by Gasteiger charge is -2.39. The van der Waals surface area contributed by atoms with Gasteiger partial charge in [-0.1, -0.05) is 76.9 Å². The molecule has 3 amide bonds.